The first-order chi connectivity index (χ1) is 16.2. The number of morpholine rings is 1. The zero-order valence-electron chi connectivity index (χ0n) is 18.7. The topological polar surface area (TPSA) is 78.0 Å². The van der Waals surface area contributed by atoms with E-state index in [-0.39, 0.29) is 11.9 Å². The van der Waals surface area contributed by atoms with Crippen molar-refractivity contribution in [2.75, 3.05) is 51.3 Å². The summed E-state index contributed by atoms with van der Waals surface area (Å²) in [6.07, 6.45) is 4.71. The number of urea groups is 1. The lowest BCUT2D eigenvalue weighted by Gasteiger charge is -2.31. The summed E-state index contributed by atoms with van der Waals surface area (Å²) >= 11 is 0. The van der Waals surface area contributed by atoms with E-state index in [0.29, 0.717) is 51.8 Å². The van der Waals surface area contributed by atoms with E-state index in [9.17, 15) is 9.59 Å². The van der Waals surface area contributed by atoms with Crippen LogP contribution in [0.3, 0.4) is 0 Å². The van der Waals surface area contributed by atoms with Gasteiger partial charge in [0.1, 0.15) is 5.82 Å². The molecule has 172 valence electrons. The van der Waals surface area contributed by atoms with Crippen LogP contribution in [0.25, 0.3) is 5.57 Å². The van der Waals surface area contributed by atoms with Gasteiger partial charge in [0, 0.05) is 45.5 Å². The zero-order chi connectivity index (χ0) is 22.6. The molecule has 2 aromatic rings. The first kappa shape index (κ1) is 21.6. The van der Waals surface area contributed by atoms with Crippen molar-refractivity contribution in [3.8, 4) is 0 Å². The second-order valence-electron chi connectivity index (χ2n) is 8.69. The highest BCUT2D eigenvalue weighted by atomic mass is 16.5. The maximum atomic E-state index is 12.6. The highest BCUT2D eigenvalue weighted by molar-refractivity contribution is 5.89. The molecule has 0 aliphatic carbocycles. The van der Waals surface area contributed by atoms with Crippen molar-refractivity contribution in [2.45, 2.75) is 19.5 Å². The van der Waals surface area contributed by atoms with Gasteiger partial charge in [-0.1, -0.05) is 30.3 Å². The molecule has 3 aliphatic heterocycles. The number of amides is 3. The molecule has 0 bridgehead atoms. The molecule has 0 unspecified atom stereocenters. The Labute approximate surface area is 193 Å². The van der Waals surface area contributed by atoms with Gasteiger partial charge in [0.2, 0.25) is 5.91 Å². The van der Waals surface area contributed by atoms with Crippen LogP contribution in [0, 0.1) is 0 Å². The van der Waals surface area contributed by atoms with Gasteiger partial charge in [0.15, 0.2) is 0 Å². The van der Waals surface area contributed by atoms with Crippen LogP contribution in [-0.4, -0.2) is 77.6 Å². The number of anilines is 1. The summed E-state index contributed by atoms with van der Waals surface area (Å²) in [5.74, 6) is 0.714. The molecule has 1 aromatic heterocycles. The third kappa shape index (κ3) is 5.07. The number of rotatable bonds is 4. The Bertz CT molecular complexity index is 1020. The summed E-state index contributed by atoms with van der Waals surface area (Å²) < 4.78 is 5.35. The van der Waals surface area contributed by atoms with Crippen LogP contribution in [0.4, 0.5) is 10.6 Å². The molecule has 3 aliphatic rings. The average Bonchev–Trinajstić information content (AvgIpc) is 3.30. The van der Waals surface area contributed by atoms with Crippen LogP contribution in [0.2, 0.25) is 0 Å². The van der Waals surface area contributed by atoms with E-state index in [1.807, 2.05) is 29.2 Å². The number of hydrogen-bond acceptors (Lipinski definition) is 5. The summed E-state index contributed by atoms with van der Waals surface area (Å²) in [4.78, 5) is 35.5. The van der Waals surface area contributed by atoms with Gasteiger partial charge in [0.05, 0.1) is 19.8 Å². The molecule has 8 nitrogen and oxygen atoms in total. The molecule has 1 fully saturated rings. The van der Waals surface area contributed by atoms with E-state index in [1.165, 1.54) is 16.7 Å². The second kappa shape index (κ2) is 9.72. The van der Waals surface area contributed by atoms with E-state index in [1.54, 1.807) is 11.1 Å². The monoisotopic (exact) mass is 447 g/mol. The number of nitrogens with one attached hydrogen (secondary N) is 1. The predicted molar refractivity (Wildman–Crippen MR) is 125 cm³/mol. The molecule has 1 N–H and O–H groups in total. The summed E-state index contributed by atoms with van der Waals surface area (Å²) in [6.45, 7) is 6.07. The minimum Gasteiger partial charge on any atom is -0.379 e. The Morgan fingerprint density at radius 2 is 1.73 bits per heavy atom. The van der Waals surface area contributed by atoms with E-state index < -0.39 is 0 Å². The van der Waals surface area contributed by atoms with Crippen molar-refractivity contribution in [1.82, 2.24) is 19.7 Å². The van der Waals surface area contributed by atoms with Crippen LogP contribution in [0.1, 0.15) is 23.1 Å². The SMILES string of the molecule is O=C(CN1CCOCC1)N1CC=C(c2ccc(NC(=O)N3Cc4ccccc4C3)nc2)CC1. The Morgan fingerprint density at radius 3 is 2.36 bits per heavy atom. The fraction of sp³-hybridized carbons (Fsp3) is 0.400. The van der Waals surface area contributed by atoms with Crippen LogP contribution < -0.4 is 5.32 Å². The van der Waals surface area contributed by atoms with Crippen LogP contribution in [0.15, 0.2) is 48.7 Å². The number of hydrogen-bond donors (Lipinski definition) is 1. The van der Waals surface area contributed by atoms with E-state index in [4.69, 9.17) is 4.74 Å². The molecule has 4 heterocycles. The minimum absolute atomic E-state index is 0.141. The van der Waals surface area contributed by atoms with Gasteiger partial charge in [-0.25, -0.2) is 9.78 Å². The summed E-state index contributed by atoms with van der Waals surface area (Å²) in [6, 6.07) is 11.8. The van der Waals surface area contributed by atoms with Gasteiger partial charge in [-0.05, 0) is 40.8 Å². The normalized spacial score (nSPS) is 18.6. The molecule has 0 saturated carbocycles. The molecule has 1 saturated heterocycles. The van der Waals surface area contributed by atoms with Crippen LogP contribution in [-0.2, 0) is 22.6 Å². The second-order valence-corrected chi connectivity index (χ2v) is 8.69. The molecule has 8 heteroatoms. The Kier molecular flexibility index (Phi) is 6.37. The van der Waals surface area contributed by atoms with Crippen molar-refractivity contribution in [3.63, 3.8) is 0 Å². The van der Waals surface area contributed by atoms with E-state index in [2.05, 4.69) is 33.4 Å². The van der Waals surface area contributed by atoms with Crippen LogP contribution in [0.5, 0.6) is 0 Å². The van der Waals surface area contributed by atoms with Crippen molar-refractivity contribution in [2.24, 2.45) is 0 Å². The predicted octanol–water partition coefficient (Wildman–Crippen LogP) is 2.58. The third-order valence-electron chi connectivity index (χ3n) is 6.52. The molecule has 0 spiro atoms. The molecule has 0 atom stereocenters. The lowest BCUT2D eigenvalue weighted by molar-refractivity contribution is -0.133. The Balaban J connectivity index is 1.13. The molecular formula is C25H29N5O3. The molecule has 0 radical (unpaired) electrons. The average molecular weight is 448 g/mol. The third-order valence-corrected chi connectivity index (χ3v) is 6.52. The van der Waals surface area contributed by atoms with Gasteiger partial charge in [0.25, 0.3) is 0 Å². The number of benzene rings is 1. The highest BCUT2D eigenvalue weighted by Gasteiger charge is 2.24. The lowest BCUT2D eigenvalue weighted by Crippen LogP contribution is -2.45. The van der Waals surface area contributed by atoms with E-state index >= 15 is 0 Å². The highest BCUT2D eigenvalue weighted by Crippen LogP contribution is 2.25. The number of carbonyl (C=O) groups is 2. The lowest BCUT2D eigenvalue weighted by atomic mass is 10.0. The molecule has 5 rings (SSSR count). The van der Waals surface area contributed by atoms with Gasteiger partial charge < -0.3 is 14.5 Å². The number of fused-ring (bicyclic) bond motifs is 1. The smallest absolute Gasteiger partial charge is 0.323 e. The fourth-order valence-corrected chi connectivity index (χ4v) is 4.53. The number of ether oxygens (including phenoxy) is 1. The van der Waals surface area contributed by atoms with Crippen molar-refractivity contribution in [1.29, 1.82) is 0 Å². The molecule has 3 amide bonds. The molecule has 1 aromatic carbocycles. The first-order valence-electron chi connectivity index (χ1n) is 11.5. The standard InChI is InChI=1S/C25H29N5O3/c31-24(18-28-11-13-33-14-12-28)29-9-7-19(8-10-29)20-5-6-23(26-15-20)27-25(32)30-16-21-3-1-2-4-22(21)17-30/h1-7,15H,8-14,16-18H2,(H,26,27,32). The maximum absolute atomic E-state index is 12.6. The van der Waals surface area contributed by atoms with E-state index in [0.717, 1.165) is 25.1 Å². The van der Waals surface area contributed by atoms with Gasteiger partial charge in [-0.2, -0.15) is 0 Å². The quantitative estimate of drug-likeness (QED) is 0.780. The van der Waals surface area contributed by atoms with Crippen molar-refractivity contribution >= 4 is 23.3 Å². The largest absolute Gasteiger partial charge is 0.379 e. The molecular weight excluding hydrogens is 418 g/mol. The zero-order valence-corrected chi connectivity index (χ0v) is 18.7. The summed E-state index contributed by atoms with van der Waals surface area (Å²) in [5, 5.41) is 2.90. The van der Waals surface area contributed by atoms with Crippen molar-refractivity contribution in [3.05, 3.63) is 65.4 Å². The van der Waals surface area contributed by atoms with Crippen LogP contribution >= 0.6 is 0 Å². The number of pyridine rings is 1. The number of nitrogens with zero attached hydrogens (tertiary/aromatic N) is 4. The summed E-state index contributed by atoms with van der Waals surface area (Å²) in [7, 11) is 0. The van der Waals surface area contributed by atoms with Gasteiger partial charge in [-0.15, -0.1) is 0 Å². The Morgan fingerprint density at radius 1 is 0.970 bits per heavy atom. The first-order valence-corrected chi connectivity index (χ1v) is 11.5. The number of aromatic nitrogens is 1. The maximum Gasteiger partial charge on any atom is 0.323 e. The Hall–Kier alpha value is -3.23. The van der Waals surface area contributed by atoms with Gasteiger partial charge in [-0.3, -0.25) is 15.0 Å². The minimum atomic E-state index is -0.141. The fourth-order valence-electron chi connectivity index (χ4n) is 4.53. The van der Waals surface area contributed by atoms with Gasteiger partial charge >= 0.3 is 6.03 Å². The number of carbonyl (C=O) groups excluding carboxylic acids is 2. The molecule has 33 heavy (non-hydrogen) atoms. The summed E-state index contributed by atoms with van der Waals surface area (Å²) in [5.41, 5.74) is 4.60. The van der Waals surface area contributed by atoms with Crippen molar-refractivity contribution < 1.29 is 14.3 Å².